The summed E-state index contributed by atoms with van der Waals surface area (Å²) in [6, 6.07) is 5.49. The molecule has 0 spiro atoms. The molecule has 0 bridgehead atoms. The van der Waals surface area contributed by atoms with Crippen molar-refractivity contribution in [3.8, 4) is 0 Å². The minimum atomic E-state index is -0.0893. The van der Waals surface area contributed by atoms with Gasteiger partial charge in [0.1, 0.15) is 0 Å². The fourth-order valence-corrected chi connectivity index (χ4v) is 1.21. The molecule has 4 heteroatoms. The lowest BCUT2D eigenvalue weighted by Gasteiger charge is -1.93. The van der Waals surface area contributed by atoms with E-state index in [1.807, 2.05) is 12.1 Å². The van der Waals surface area contributed by atoms with E-state index in [4.69, 9.17) is 5.73 Å². The number of hydrogen-bond donors (Lipinski definition) is 3. The summed E-state index contributed by atoms with van der Waals surface area (Å²) in [7, 11) is 0. The van der Waals surface area contributed by atoms with Crippen LogP contribution in [0.2, 0.25) is 0 Å². The van der Waals surface area contributed by atoms with Crippen molar-refractivity contribution in [3.63, 3.8) is 0 Å². The number of H-pyrrole nitrogens is 2. The third-order valence-electron chi connectivity index (χ3n) is 1.88. The maximum absolute atomic E-state index is 11.1. The van der Waals surface area contributed by atoms with Crippen molar-refractivity contribution in [3.05, 3.63) is 34.1 Å². The van der Waals surface area contributed by atoms with E-state index < -0.39 is 0 Å². The lowest BCUT2D eigenvalue weighted by molar-refractivity contribution is 1.06. The van der Waals surface area contributed by atoms with E-state index in [-0.39, 0.29) is 5.56 Å². The molecular formula is C8H9N3O. The van der Waals surface area contributed by atoms with Gasteiger partial charge in [-0.3, -0.25) is 15.0 Å². The first-order valence-corrected chi connectivity index (χ1v) is 3.70. The second-order valence-electron chi connectivity index (χ2n) is 2.66. The maximum atomic E-state index is 11.1. The Kier molecular flexibility index (Phi) is 1.48. The lowest BCUT2D eigenvalue weighted by atomic mass is 10.2. The van der Waals surface area contributed by atoms with Crippen molar-refractivity contribution in [1.29, 1.82) is 0 Å². The first-order valence-electron chi connectivity index (χ1n) is 3.70. The zero-order chi connectivity index (χ0) is 8.55. The Labute approximate surface area is 68.4 Å². The van der Waals surface area contributed by atoms with Crippen LogP contribution in [0.5, 0.6) is 0 Å². The molecule has 0 radical (unpaired) electrons. The van der Waals surface area contributed by atoms with Crippen molar-refractivity contribution in [2.24, 2.45) is 5.73 Å². The second kappa shape index (κ2) is 2.49. The summed E-state index contributed by atoms with van der Waals surface area (Å²) in [5.41, 5.74) is 7.18. The average molecular weight is 163 g/mol. The second-order valence-corrected chi connectivity index (χ2v) is 2.66. The Hall–Kier alpha value is -1.55. The van der Waals surface area contributed by atoms with Crippen molar-refractivity contribution < 1.29 is 0 Å². The maximum Gasteiger partial charge on any atom is 0.271 e. The molecule has 0 unspecified atom stereocenters. The fraction of sp³-hybridized carbons (Fsp3) is 0.125. The van der Waals surface area contributed by atoms with Crippen LogP contribution in [0.15, 0.2) is 23.0 Å². The molecule has 0 aliphatic carbocycles. The molecule has 0 amide bonds. The molecule has 2 rings (SSSR count). The molecule has 2 aromatic rings. The van der Waals surface area contributed by atoms with Gasteiger partial charge in [0.2, 0.25) is 0 Å². The smallest absolute Gasteiger partial charge is 0.271 e. The molecule has 1 aromatic heterocycles. The van der Waals surface area contributed by atoms with E-state index in [0.717, 1.165) is 11.1 Å². The van der Waals surface area contributed by atoms with Gasteiger partial charge < -0.3 is 5.73 Å². The summed E-state index contributed by atoms with van der Waals surface area (Å²) in [6.45, 7) is 0.489. The molecule has 4 nitrogen and oxygen atoms in total. The van der Waals surface area contributed by atoms with E-state index in [0.29, 0.717) is 11.9 Å². The molecule has 4 N–H and O–H groups in total. The van der Waals surface area contributed by atoms with Gasteiger partial charge >= 0.3 is 0 Å². The van der Waals surface area contributed by atoms with E-state index >= 15 is 0 Å². The van der Waals surface area contributed by atoms with E-state index in [9.17, 15) is 4.79 Å². The Balaban J connectivity index is 2.77. The minimum Gasteiger partial charge on any atom is -0.326 e. The number of aromatic amines is 2. The monoisotopic (exact) mass is 163 g/mol. The van der Waals surface area contributed by atoms with Gasteiger partial charge in [-0.25, -0.2) is 0 Å². The van der Waals surface area contributed by atoms with Gasteiger partial charge in [-0.2, -0.15) is 0 Å². The number of nitrogens with two attached hydrogens (primary N) is 1. The first kappa shape index (κ1) is 7.12. The normalized spacial score (nSPS) is 10.8. The largest absolute Gasteiger partial charge is 0.326 e. The van der Waals surface area contributed by atoms with Gasteiger partial charge in [-0.15, -0.1) is 0 Å². The van der Waals surface area contributed by atoms with E-state index in [1.165, 1.54) is 0 Å². The van der Waals surface area contributed by atoms with Crippen LogP contribution in [-0.4, -0.2) is 10.2 Å². The van der Waals surface area contributed by atoms with Gasteiger partial charge in [0.15, 0.2) is 0 Å². The Morgan fingerprint density at radius 2 is 2.17 bits per heavy atom. The van der Waals surface area contributed by atoms with Crippen LogP contribution in [0.4, 0.5) is 0 Å². The zero-order valence-electron chi connectivity index (χ0n) is 6.42. The summed E-state index contributed by atoms with van der Waals surface area (Å²) < 4.78 is 0. The topological polar surface area (TPSA) is 74.7 Å². The van der Waals surface area contributed by atoms with Gasteiger partial charge in [-0.05, 0) is 17.7 Å². The van der Waals surface area contributed by atoms with Gasteiger partial charge in [0.25, 0.3) is 5.56 Å². The van der Waals surface area contributed by atoms with E-state index in [2.05, 4.69) is 10.2 Å². The number of benzene rings is 1. The summed E-state index contributed by atoms with van der Waals surface area (Å²) in [5, 5.41) is 5.95. The van der Waals surface area contributed by atoms with Crippen LogP contribution in [0, 0.1) is 0 Å². The van der Waals surface area contributed by atoms with Gasteiger partial charge in [0.05, 0.1) is 10.9 Å². The molecule has 0 saturated carbocycles. The quantitative estimate of drug-likeness (QED) is 0.566. The number of aromatic nitrogens is 2. The highest BCUT2D eigenvalue weighted by Gasteiger charge is 1.99. The molecular weight excluding hydrogens is 154 g/mol. The molecule has 1 aromatic carbocycles. The lowest BCUT2D eigenvalue weighted by Crippen LogP contribution is -1.98. The highest BCUT2D eigenvalue weighted by molar-refractivity contribution is 5.78. The summed E-state index contributed by atoms with van der Waals surface area (Å²) in [6.07, 6.45) is 0. The third kappa shape index (κ3) is 0.931. The fourth-order valence-electron chi connectivity index (χ4n) is 1.21. The number of fused-ring (bicyclic) bond motifs is 1. The number of hydrogen-bond acceptors (Lipinski definition) is 2. The highest BCUT2D eigenvalue weighted by Crippen LogP contribution is 2.08. The van der Waals surface area contributed by atoms with Crippen molar-refractivity contribution >= 4 is 10.9 Å². The minimum absolute atomic E-state index is 0.0893. The van der Waals surface area contributed by atoms with Gasteiger partial charge in [-0.1, -0.05) is 6.07 Å². The number of nitrogens with one attached hydrogen (secondary N) is 2. The molecule has 0 aliphatic rings. The predicted octanol–water partition coefficient (Wildman–Crippen LogP) is 0.315. The average Bonchev–Trinajstić information content (AvgIpc) is 2.47. The summed E-state index contributed by atoms with van der Waals surface area (Å²) in [4.78, 5) is 11.1. The molecule has 62 valence electrons. The molecule has 0 fully saturated rings. The van der Waals surface area contributed by atoms with Crippen LogP contribution in [0.1, 0.15) is 5.56 Å². The van der Waals surface area contributed by atoms with Crippen molar-refractivity contribution in [2.75, 3.05) is 0 Å². The predicted molar refractivity (Wildman–Crippen MR) is 46.8 cm³/mol. The first-order chi connectivity index (χ1) is 5.81. The van der Waals surface area contributed by atoms with Crippen LogP contribution in [-0.2, 0) is 6.54 Å². The zero-order valence-corrected chi connectivity index (χ0v) is 6.42. The Bertz CT molecular complexity index is 455. The molecule has 1 heterocycles. The Morgan fingerprint density at radius 3 is 2.92 bits per heavy atom. The third-order valence-corrected chi connectivity index (χ3v) is 1.88. The molecule has 12 heavy (non-hydrogen) atoms. The Morgan fingerprint density at radius 1 is 1.33 bits per heavy atom. The molecule has 0 atom stereocenters. The number of rotatable bonds is 1. The highest BCUT2D eigenvalue weighted by atomic mass is 16.1. The molecule has 0 aliphatic heterocycles. The van der Waals surface area contributed by atoms with Crippen LogP contribution in [0.25, 0.3) is 10.9 Å². The summed E-state index contributed by atoms with van der Waals surface area (Å²) in [5.74, 6) is 0. The van der Waals surface area contributed by atoms with Crippen molar-refractivity contribution in [1.82, 2.24) is 10.2 Å². The van der Waals surface area contributed by atoms with E-state index in [1.54, 1.807) is 6.07 Å². The molecule has 0 saturated heterocycles. The summed E-state index contributed by atoms with van der Waals surface area (Å²) >= 11 is 0. The van der Waals surface area contributed by atoms with Crippen LogP contribution >= 0.6 is 0 Å². The SMILES string of the molecule is NCc1ccc2c(=O)[nH][nH]c2c1. The standard InChI is InChI=1S/C8H9N3O/c9-4-5-1-2-6-7(3-5)10-11-8(6)12/h1-3H,4,9H2,(H2,10,11,12). The van der Waals surface area contributed by atoms with Crippen LogP contribution in [0.3, 0.4) is 0 Å². The van der Waals surface area contributed by atoms with Gasteiger partial charge in [0, 0.05) is 6.54 Å². The van der Waals surface area contributed by atoms with Crippen LogP contribution < -0.4 is 11.3 Å². The van der Waals surface area contributed by atoms with Crippen molar-refractivity contribution in [2.45, 2.75) is 6.54 Å².